The zero-order valence-corrected chi connectivity index (χ0v) is 13.4. The quantitative estimate of drug-likeness (QED) is 0.757. The lowest BCUT2D eigenvalue weighted by molar-refractivity contribution is -0.125. The van der Waals surface area contributed by atoms with E-state index in [0.717, 1.165) is 0 Å². The number of hydrogen-bond donors (Lipinski definition) is 2. The largest absolute Gasteiger partial charge is 0.444 e. The maximum atomic E-state index is 12.1. The average Bonchev–Trinajstić information content (AvgIpc) is 2.24. The van der Waals surface area contributed by atoms with Gasteiger partial charge in [-0.05, 0) is 41.5 Å². The van der Waals surface area contributed by atoms with Crippen LogP contribution < -0.4 is 10.6 Å². The molecule has 1 aliphatic rings. The van der Waals surface area contributed by atoms with Gasteiger partial charge >= 0.3 is 6.09 Å². The van der Waals surface area contributed by atoms with Crippen LogP contribution >= 0.6 is 0 Å². The molecule has 116 valence electrons. The number of rotatable bonds is 1. The lowest BCUT2D eigenvalue weighted by Gasteiger charge is -2.35. The monoisotopic (exact) mass is 285 g/mol. The molecule has 0 unspecified atom stereocenters. The van der Waals surface area contributed by atoms with Gasteiger partial charge in [0, 0.05) is 25.2 Å². The molecule has 20 heavy (non-hydrogen) atoms. The van der Waals surface area contributed by atoms with Crippen LogP contribution in [0.2, 0.25) is 0 Å². The van der Waals surface area contributed by atoms with E-state index in [1.165, 1.54) is 0 Å². The van der Waals surface area contributed by atoms with Gasteiger partial charge in [-0.2, -0.15) is 0 Å². The van der Waals surface area contributed by atoms with E-state index in [1.807, 2.05) is 41.5 Å². The Morgan fingerprint density at radius 1 is 1.20 bits per heavy atom. The minimum Gasteiger partial charge on any atom is -0.444 e. The minimum atomic E-state index is -0.523. The Morgan fingerprint density at radius 3 is 2.30 bits per heavy atom. The van der Waals surface area contributed by atoms with Crippen molar-refractivity contribution < 1.29 is 14.3 Å². The summed E-state index contributed by atoms with van der Waals surface area (Å²) in [5.74, 6) is -0.0919. The molecular weight excluding hydrogens is 258 g/mol. The summed E-state index contributed by atoms with van der Waals surface area (Å²) >= 11 is 0. The summed E-state index contributed by atoms with van der Waals surface area (Å²) in [5, 5.41) is 6.04. The molecule has 0 spiro atoms. The van der Waals surface area contributed by atoms with Crippen LogP contribution in [-0.4, -0.2) is 53.7 Å². The Hall–Kier alpha value is -1.30. The predicted octanol–water partition coefficient (Wildman–Crippen LogP) is 1.11. The van der Waals surface area contributed by atoms with E-state index in [2.05, 4.69) is 10.6 Å². The number of hydrogen-bond acceptors (Lipinski definition) is 4. The third-order valence-electron chi connectivity index (χ3n) is 2.64. The molecule has 1 aliphatic heterocycles. The molecule has 0 radical (unpaired) electrons. The number of nitrogens with zero attached hydrogens (tertiary/aromatic N) is 1. The molecule has 0 saturated carbocycles. The molecule has 1 fully saturated rings. The van der Waals surface area contributed by atoms with Gasteiger partial charge < -0.3 is 20.3 Å². The maximum absolute atomic E-state index is 12.1. The van der Waals surface area contributed by atoms with Crippen LogP contribution in [-0.2, 0) is 9.53 Å². The molecule has 0 aliphatic carbocycles. The molecule has 2 N–H and O–H groups in total. The highest BCUT2D eigenvalue weighted by Crippen LogP contribution is 2.12. The Bertz CT molecular complexity index is 335. The van der Waals surface area contributed by atoms with Gasteiger partial charge in [-0.15, -0.1) is 0 Å². The average molecular weight is 285 g/mol. The lowest BCUT2D eigenvalue weighted by Crippen LogP contribution is -2.60. The third-order valence-corrected chi connectivity index (χ3v) is 2.64. The zero-order chi connectivity index (χ0) is 15.6. The SMILES string of the molecule is CC(C)(C)NC(=O)[C@@H]1CN(C(=O)OC(C)(C)C)CCN1. The highest BCUT2D eigenvalue weighted by molar-refractivity contribution is 5.83. The maximum Gasteiger partial charge on any atom is 0.410 e. The fraction of sp³-hybridized carbons (Fsp3) is 0.857. The Morgan fingerprint density at radius 2 is 1.80 bits per heavy atom. The van der Waals surface area contributed by atoms with Crippen molar-refractivity contribution >= 4 is 12.0 Å². The summed E-state index contributed by atoms with van der Waals surface area (Å²) in [6.07, 6.45) is -0.368. The summed E-state index contributed by atoms with van der Waals surface area (Å²) in [7, 11) is 0. The van der Waals surface area contributed by atoms with Crippen LogP contribution in [0, 0.1) is 0 Å². The van der Waals surface area contributed by atoms with Crippen LogP contribution in [0.5, 0.6) is 0 Å². The van der Waals surface area contributed by atoms with E-state index in [-0.39, 0.29) is 17.5 Å². The van der Waals surface area contributed by atoms with Crippen molar-refractivity contribution in [1.82, 2.24) is 15.5 Å². The van der Waals surface area contributed by atoms with Gasteiger partial charge in [-0.1, -0.05) is 0 Å². The minimum absolute atomic E-state index is 0.0919. The Labute approximate surface area is 121 Å². The molecule has 0 aromatic heterocycles. The molecule has 0 aromatic rings. The molecule has 1 heterocycles. The third kappa shape index (κ3) is 5.77. The summed E-state index contributed by atoms with van der Waals surface area (Å²) in [6, 6.07) is -0.393. The summed E-state index contributed by atoms with van der Waals surface area (Å²) in [5.41, 5.74) is -0.807. The number of carbonyl (C=O) groups is 2. The first-order valence-corrected chi connectivity index (χ1v) is 7.01. The van der Waals surface area contributed by atoms with Crippen LogP contribution in [0.1, 0.15) is 41.5 Å². The first-order chi connectivity index (χ1) is 8.98. The normalized spacial score (nSPS) is 20.5. The van der Waals surface area contributed by atoms with Crippen LogP contribution in [0.15, 0.2) is 0 Å². The van der Waals surface area contributed by atoms with E-state index in [9.17, 15) is 9.59 Å². The summed E-state index contributed by atoms with van der Waals surface area (Å²) < 4.78 is 5.33. The Balaban J connectivity index is 2.58. The van der Waals surface area contributed by atoms with E-state index < -0.39 is 11.6 Å². The van der Waals surface area contributed by atoms with Gasteiger partial charge in [0.2, 0.25) is 5.91 Å². The zero-order valence-electron chi connectivity index (χ0n) is 13.4. The van der Waals surface area contributed by atoms with Crippen molar-refractivity contribution in [2.45, 2.75) is 58.7 Å². The molecular formula is C14H27N3O3. The van der Waals surface area contributed by atoms with Gasteiger partial charge in [0.15, 0.2) is 0 Å². The number of amides is 2. The van der Waals surface area contributed by atoms with Crippen LogP contribution in [0.4, 0.5) is 4.79 Å². The van der Waals surface area contributed by atoms with Crippen LogP contribution in [0.3, 0.4) is 0 Å². The number of piperazine rings is 1. The Kier molecular flexibility index (Phi) is 5.02. The summed E-state index contributed by atoms with van der Waals surface area (Å²) in [4.78, 5) is 25.7. The van der Waals surface area contributed by atoms with Gasteiger partial charge in [-0.25, -0.2) is 4.79 Å². The van der Waals surface area contributed by atoms with Crippen molar-refractivity contribution in [3.63, 3.8) is 0 Å². The molecule has 1 saturated heterocycles. The predicted molar refractivity (Wildman–Crippen MR) is 77.5 cm³/mol. The first kappa shape index (κ1) is 16.8. The molecule has 1 rings (SSSR count). The van der Waals surface area contributed by atoms with Crippen molar-refractivity contribution in [1.29, 1.82) is 0 Å². The van der Waals surface area contributed by atoms with Crippen molar-refractivity contribution in [2.24, 2.45) is 0 Å². The van der Waals surface area contributed by atoms with E-state index in [1.54, 1.807) is 4.90 Å². The van der Waals surface area contributed by atoms with E-state index >= 15 is 0 Å². The number of nitrogens with one attached hydrogen (secondary N) is 2. The van der Waals surface area contributed by atoms with Crippen LogP contribution in [0.25, 0.3) is 0 Å². The first-order valence-electron chi connectivity index (χ1n) is 7.01. The number of ether oxygens (including phenoxy) is 1. The lowest BCUT2D eigenvalue weighted by atomic mass is 10.1. The highest BCUT2D eigenvalue weighted by atomic mass is 16.6. The standard InChI is InChI=1S/C14H27N3O3/c1-13(2,3)16-11(18)10-9-17(8-7-15-10)12(19)20-14(4,5)6/h10,15H,7-9H2,1-6H3,(H,16,18)/t10-/m0/s1. The second-order valence-corrected chi connectivity index (χ2v) is 7.17. The van der Waals surface area contributed by atoms with Gasteiger partial charge in [0.05, 0.1) is 0 Å². The van der Waals surface area contributed by atoms with E-state index in [4.69, 9.17) is 4.74 Å². The van der Waals surface area contributed by atoms with Gasteiger partial charge in [0.1, 0.15) is 11.6 Å². The van der Waals surface area contributed by atoms with E-state index in [0.29, 0.717) is 19.6 Å². The highest BCUT2D eigenvalue weighted by Gasteiger charge is 2.31. The van der Waals surface area contributed by atoms with Crippen molar-refractivity contribution in [3.05, 3.63) is 0 Å². The summed E-state index contributed by atoms with van der Waals surface area (Å²) in [6.45, 7) is 12.7. The molecule has 2 amide bonds. The second kappa shape index (κ2) is 5.99. The molecule has 6 nitrogen and oxygen atoms in total. The van der Waals surface area contributed by atoms with Gasteiger partial charge in [-0.3, -0.25) is 4.79 Å². The molecule has 0 aromatic carbocycles. The molecule has 1 atom stereocenters. The van der Waals surface area contributed by atoms with Gasteiger partial charge in [0.25, 0.3) is 0 Å². The molecule has 0 bridgehead atoms. The van der Waals surface area contributed by atoms with Crippen molar-refractivity contribution in [3.8, 4) is 0 Å². The fourth-order valence-electron chi connectivity index (χ4n) is 1.87. The topological polar surface area (TPSA) is 70.7 Å². The molecule has 6 heteroatoms. The van der Waals surface area contributed by atoms with Crippen molar-refractivity contribution in [2.75, 3.05) is 19.6 Å². The number of carbonyl (C=O) groups excluding carboxylic acids is 2. The fourth-order valence-corrected chi connectivity index (χ4v) is 1.87. The smallest absolute Gasteiger partial charge is 0.410 e. The second-order valence-electron chi connectivity index (χ2n) is 7.17.